The molecule has 1 aliphatic heterocycles. The van der Waals surface area contributed by atoms with E-state index in [1.54, 1.807) is 29.1 Å². The molecule has 41 heavy (non-hydrogen) atoms. The van der Waals surface area contributed by atoms with E-state index >= 15 is 0 Å². The van der Waals surface area contributed by atoms with Gasteiger partial charge in [0.25, 0.3) is 0 Å². The lowest BCUT2D eigenvalue weighted by Gasteiger charge is -2.26. The van der Waals surface area contributed by atoms with Gasteiger partial charge in [-0.15, -0.1) is 11.3 Å². The number of hydrogen-bond donors (Lipinski definition) is 1. The third-order valence-electron chi connectivity index (χ3n) is 8.52. The lowest BCUT2D eigenvalue weighted by atomic mass is 9.90. The smallest absolute Gasteiger partial charge is 0.304 e. The monoisotopic (exact) mass is 576 g/mol. The van der Waals surface area contributed by atoms with Crippen LogP contribution in [0.1, 0.15) is 63.4 Å². The number of rotatable bonds is 9. The Hall–Kier alpha value is -3.66. The largest absolute Gasteiger partial charge is 0.481 e. The number of thiazole rings is 1. The summed E-state index contributed by atoms with van der Waals surface area (Å²) in [5.74, 6) is -1.07. The van der Waals surface area contributed by atoms with E-state index in [2.05, 4.69) is 4.98 Å². The Kier molecular flexibility index (Phi) is 7.59. The van der Waals surface area contributed by atoms with Gasteiger partial charge in [-0.1, -0.05) is 31.7 Å². The topological polar surface area (TPSA) is 104 Å². The summed E-state index contributed by atoms with van der Waals surface area (Å²) in [5.41, 5.74) is 3.65. The first-order chi connectivity index (χ1) is 19.8. The van der Waals surface area contributed by atoms with Crippen LogP contribution in [-0.4, -0.2) is 45.9 Å². The molecule has 3 heterocycles. The molecule has 0 bridgehead atoms. The number of fused-ring (bicyclic) bond motifs is 1. The van der Waals surface area contributed by atoms with E-state index in [0.29, 0.717) is 47.4 Å². The van der Waals surface area contributed by atoms with Crippen molar-refractivity contribution in [3.63, 3.8) is 0 Å². The van der Waals surface area contributed by atoms with Gasteiger partial charge >= 0.3 is 5.97 Å². The molecule has 1 aromatic carbocycles. The number of hydrogen-bond acceptors (Lipinski definition) is 6. The molecule has 3 aliphatic rings. The Morgan fingerprint density at radius 1 is 1.15 bits per heavy atom. The number of carbonyl (C=O) groups excluding carboxylic acids is 2. The molecule has 0 radical (unpaired) electrons. The van der Waals surface area contributed by atoms with Gasteiger partial charge in [0, 0.05) is 48.1 Å². The van der Waals surface area contributed by atoms with Gasteiger partial charge in [-0.25, -0.2) is 14.4 Å². The highest BCUT2D eigenvalue weighted by Crippen LogP contribution is 2.41. The maximum atomic E-state index is 14.6. The molecular weight excluding hydrogens is 543 g/mol. The van der Waals surface area contributed by atoms with Crippen LogP contribution in [0, 0.1) is 17.7 Å². The number of amides is 2. The highest BCUT2D eigenvalue weighted by molar-refractivity contribution is 7.14. The second-order valence-electron chi connectivity index (χ2n) is 11.5. The molecule has 2 aliphatic carbocycles. The number of aryl methyl sites for hydroxylation is 1. The standard InChI is InChI=1S/C31H33FN4O4S/c1-35-27(37)11-6-19-13-21(16-33-29(19)35)24-10-7-22(32)15-25(24)26-17-41-31(34-26)36(23-8-9-23)30(40)20(14-28(38)39)12-18-4-2-3-5-18/h7,10,13,15-18,20,23H,2-6,8-9,11-12,14H2,1H3,(H,38,39). The maximum absolute atomic E-state index is 14.6. The Bertz CT molecular complexity index is 1500. The Balaban J connectivity index is 1.32. The predicted molar refractivity (Wildman–Crippen MR) is 155 cm³/mol. The third kappa shape index (κ3) is 5.75. The summed E-state index contributed by atoms with van der Waals surface area (Å²) in [5, 5.41) is 11.9. The van der Waals surface area contributed by atoms with Crippen molar-refractivity contribution in [1.82, 2.24) is 9.97 Å². The third-order valence-corrected chi connectivity index (χ3v) is 9.36. The van der Waals surface area contributed by atoms with E-state index in [1.807, 2.05) is 11.4 Å². The van der Waals surface area contributed by atoms with Gasteiger partial charge in [-0.3, -0.25) is 24.2 Å². The van der Waals surface area contributed by atoms with E-state index in [-0.39, 0.29) is 24.3 Å². The Morgan fingerprint density at radius 2 is 1.93 bits per heavy atom. The summed E-state index contributed by atoms with van der Waals surface area (Å²) >= 11 is 1.33. The van der Waals surface area contributed by atoms with Crippen LogP contribution in [-0.2, 0) is 20.8 Å². The molecule has 2 amide bonds. The van der Waals surface area contributed by atoms with Gasteiger partial charge in [0.05, 0.1) is 12.1 Å². The number of anilines is 2. The normalized spacial score (nSPS) is 17.9. The second kappa shape index (κ2) is 11.3. The molecule has 3 aromatic rings. The zero-order chi connectivity index (χ0) is 28.7. The van der Waals surface area contributed by atoms with E-state index in [4.69, 9.17) is 4.98 Å². The molecule has 0 spiro atoms. The van der Waals surface area contributed by atoms with E-state index in [1.165, 1.54) is 23.5 Å². The van der Waals surface area contributed by atoms with Crippen molar-refractivity contribution >= 4 is 40.1 Å². The molecule has 6 rings (SSSR count). The van der Waals surface area contributed by atoms with Crippen LogP contribution in [0.2, 0.25) is 0 Å². The van der Waals surface area contributed by atoms with Crippen molar-refractivity contribution in [3.05, 3.63) is 47.2 Å². The van der Waals surface area contributed by atoms with Crippen LogP contribution in [0.3, 0.4) is 0 Å². The summed E-state index contributed by atoms with van der Waals surface area (Å²) in [6.45, 7) is 0. The van der Waals surface area contributed by atoms with Gasteiger partial charge in [-0.2, -0.15) is 0 Å². The number of benzene rings is 1. The Morgan fingerprint density at radius 3 is 2.66 bits per heavy atom. The average Bonchev–Trinajstić information content (AvgIpc) is 3.42. The SMILES string of the molecule is CN1C(=O)CCc2cc(-c3ccc(F)cc3-c3csc(N(C(=O)C(CC(=O)O)CC4CCCC4)C4CC4)n3)cnc21. The fraction of sp³-hybridized carbons (Fsp3) is 0.452. The van der Waals surface area contributed by atoms with Crippen LogP contribution in [0.15, 0.2) is 35.8 Å². The first kappa shape index (κ1) is 27.5. The lowest BCUT2D eigenvalue weighted by Crippen LogP contribution is -2.39. The molecule has 2 fully saturated rings. The fourth-order valence-corrected chi connectivity index (χ4v) is 7.13. The summed E-state index contributed by atoms with van der Waals surface area (Å²) in [7, 11) is 1.72. The quantitative estimate of drug-likeness (QED) is 0.331. The summed E-state index contributed by atoms with van der Waals surface area (Å²) in [4.78, 5) is 50.3. The first-order valence-electron chi connectivity index (χ1n) is 14.3. The van der Waals surface area contributed by atoms with Gasteiger partial charge in [0.15, 0.2) is 5.13 Å². The molecular formula is C31H33FN4O4S. The van der Waals surface area contributed by atoms with E-state index in [0.717, 1.165) is 55.2 Å². The fourth-order valence-electron chi connectivity index (χ4n) is 6.23. The van der Waals surface area contributed by atoms with Crippen molar-refractivity contribution in [2.24, 2.45) is 11.8 Å². The minimum atomic E-state index is -0.962. The molecule has 2 saturated carbocycles. The van der Waals surface area contributed by atoms with Crippen LogP contribution >= 0.6 is 11.3 Å². The van der Waals surface area contributed by atoms with Crippen molar-refractivity contribution in [2.75, 3.05) is 16.8 Å². The minimum Gasteiger partial charge on any atom is -0.481 e. The van der Waals surface area contributed by atoms with Crippen LogP contribution < -0.4 is 9.80 Å². The first-order valence-corrected chi connectivity index (χ1v) is 15.2. The molecule has 214 valence electrons. The van der Waals surface area contributed by atoms with E-state index < -0.39 is 17.7 Å². The highest BCUT2D eigenvalue weighted by Gasteiger charge is 2.40. The summed E-state index contributed by atoms with van der Waals surface area (Å²) in [6.07, 6.45) is 9.15. The predicted octanol–water partition coefficient (Wildman–Crippen LogP) is 6.09. The van der Waals surface area contributed by atoms with E-state index in [9.17, 15) is 23.9 Å². The molecule has 1 unspecified atom stereocenters. The van der Waals surface area contributed by atoms with Crippen molar-refractivity contribution in [2.45, 2.75) is 70.3 Å². The minimum absolute atomic E-state index is 0.0119. The van der Waals surface area contributed by atoms with Gasteiger partial charge < -0.3 is 5.11 Å². The zero-order valence-corrected chi connectivity index (χ0v) is 23.8. The number of carboxylic acids is 1. The zero-order valence-electron chi connectivity index (χ0n) is 23.0. The number of carbonyl (C=O) groups is 3. The molecule has 0 saturated heterocycles. The highest BCUT2D eigenvalue weighted by atomic mass is 32.1. The molecule has 1 N–H and O–H groups in total. The molecule has 10 heteroatoms. The van der Waals surface area contributed by atoms with Crippen molar-refractivity contribution in [3.8, 4) is 22.4 Å². The Labute approximate surface area is 242 Å². The second-order valence-corrected chi connectivity index (χ2v) is 12.3. The van der Waals surface area contributed by atoms with Crippen LogP contribution in [0.5, 0.6) is 0 Å². The summed E-state index contributed by atoms with van der Waals surface area (Å²) < 4.78 is 14.6. The van der Waals surface area contributed by atoms with Gasteiger partial charge in [0.1, 0.15) is 11.6 Å². The number of pyridine rings is 1. The lowest BCUT2D eigenvalue weighted by molar-refractivity contribution is -0.141. The summed E-state index contributed by atoms with van der Waals surface area (Å²) in [6, 6.07) is 6.56. The molecule has 1 atom stereocenters. The number of aliphatic carboxylic acids is 1. The molecule has 2 aromatic heterocycles. The number of halogens is 1. The number of aromatic nitrogens is 2. The van der Waals surface area contributed by atoms with Crippen molar-refractivity contribution in [1.29, 1.82) is 0 Å². The van der Waals surface area contributed by atoms with Gasteiger partial charge in [0.2, 0.25) is 11.8 Å². The van der Waals surface area contributed by atoms with Gasteiger partial charge in [-0.05, 0) is 60.9 Å². The average molecular weight is 577 g/mol. The maximum Gasteiger partial charge on any atom is 0.304 e. The number of carboxylic acid groups (broad SMARTS) is 1. The van der Waals surface area contributed by atoms with Crippen molar-refractivity contribution < 1.29 is 23.9 Å². The molecule has 8 nitrogen and oxygen atoms in total. The van der Waals surface area contributed by atoms with Crippen LogP contribution in [0.4, 0.5) is 15.3 Å². The number of nitrogens with zero attached hydrogens (tertiary/aromatic N) is 4. The van der Waals surface area contributed by atoms with Crippen LogP contribution in [0.25, 0.3) is 22.4 Å².